The van der Waals surface area contributed by atoms with Gasteiger partial charge in [-0.1, -0.05) is 0 Å². The molecule has 1 aliphatic heterocycles. The van der Waals surface area contributed by atoms with Gasteiger partial charge in [0.1, 0.15) is 0 Å². The number of nitrogens with zero attached hydrogens (tertiary/aromatic N) is 1. The summed E-state index contributed by atoms with van der Waals surface area (Å²) in [6.07, 6.45) is 0. The lowest BCUT2D eigenvalue weighted by atomic mass is 10.4. The van der Waals surface area contributed by atoms with Gasteiger partial charge in [-0.2, -0.15) is 0 Å². The highest BCUT2D eigenvalue weighted by Crippen LogP contribution is 1.91. The lowest BCUT2D eigenvalue weighted by Crippen LogP contribution is -2.41. The molecule has 15 heavy (non-hydrogen) atoms. The second-order valence-electron chi connectivity index (χ2n) is 3.46. The number of aliphatic imine (C=N–C) groups is 1. The molecule has 1 aliphatic rings. The van der Waals surface area contributed by atoms with Crippen LogP contribution in [0.25, 0.3) is 0 Å². The first-order valence-corrected chi connectivity index (χ1v) is 6.71. The van der Waals surface area contributed by atoms with Gasteiger partial charge in [-0.3, -0.25) is 4.99 Å². The zero-order valence-electron chi connectivity index (χ0n) is 9.08. The van der Waals surface area contributed by atoms with E-state index in [1.165, 1.54) is 0 Å². The Hall–Kier alpha value is -0.820. The molecular weight excluding hydrogens is 216 g/mol. The van der Waals surface area contributed by atoms with Gasteiger partial charge in [-0.05, 0) is 13.8 Å². The van der Waals surface area contributed by atoms with Crippen molar-refractivity contribution in [1.29, 1.82) is 0 Å². The summed E-state index contributed by atoms with van der Waals surface area (Å²) in [5.74, 6) is 0.863. The van der Waals surface area contributed by atoms with Crippen LogP contribution in [0.15, 0.2) is 4.99 Å². The quantitative estimate of drug-likeness (QED) is 0.525. The molecule has 1 rings (SSSR count). The van der Waals surface area contributed by atoms with Crippen molar-refractivity contribution in [1.82, 2.24) is 15.4 Å². The average Bonchev–Trinajstić information content (AvgIpc) is 2.59. The Bertz CT molecular complexity index is 326. The second kappa shape index (κ2) is 5.32. The minimum Gasteiger partial charge on any atom is -0.355 e. The molecule has 1 unspecified atom stereocenters. The topological polar surface area (TPSA) is 82.6 Å². The molecule has 88 valence electrons. The van der Waals surface area contributed by atoms with E-state index in [2.05, 4.69) is 20.3 Å². The summed E-state index contributed by atoms with van der Waals surface area (Å²) in [7, 11) is -3.08. The van der Waals surface area contributed by atoms with Crippen molar-refractivity contribution in [2.24, 2.45) is 4.99 Å². The highest BCUT2D eigenvalue weighted by Gasteiger charge is 2.11. The molecule has 0 aromatic carbocycles. The number of nitrogens with one attached hydrogen (secondary N) is 3. The maximum atomic E-state index is 11.1. The van der Waals surface area contributed by atoms with Crippen LogP contribution in [0.2, 0.25) is 0 Å². The highest BCUT2D eigenvalue weighted by molar-refractivity contribution is 7.89. The monoisotopic (exact) mass is 234 g/mol. The molecule has 0 radical (unpaired) electrons. The zero-order valence-corrected chi connectivity index (χ0v) is 9.89. The van der Waals surface area contributed by atoms with Crippen molar-refractivity contribution in [3.8, 4) is 0 Å². The second-order valence-corrected chi connectivity index (χ2v) is 5.55. The van der Waals surface area contributed by atoms with Crippen molar-refractivity contribution >= 4 is 16.0 Å². The van der Waals surface area contributed by atoms with Crippen LogP contribution in [-0.2, 0) is 10.0 Å². The molecule has 0 aromatic heterocycles. The molecule has 1 atom stereocenters. The molecule has 0 fully saturated rings. The van der Waals surface area contributed by atoms with E-state index in [0.717, 1.165) is 12.5 Å². The molecule has 0 aromatic rings. The first-order valence-electron chi connectivity index (χ1n) is 5.05. The molecule has 1 heterocycles. The fourth-order valence-corrected chi connectivity index (χ4v) is 1.77. The third kappa shape index (κ3) is 4.48. The lowest BCUT2D eigenvalue weighted by Gasteiger charge is -2.09. The van der Waals surface area contributed by atoms with Crippen molar-refractivity contribution in [2.45, 2.75) is 19.9 Å². The van der Waals surface area contributed by atoms with E-state index in [0.29, 0.717) is 19.1 Å². The number of rotatable bonds is 5. The standard InChI is InChI=1S/C8H18N4O2S/c1-3-15(13,14)11-5-4-9-8-10-6-7(2)12-8/h7,11H,3-6H2,1-2H3,(H2,9,10,12). The van der Waals surface area contributed by atoms with Crippen LogP contribution in [0.1, 0.15) is 13.8 Å². The largest absolute Gasteiger partial charge is 0.355 e. The number of hydrogen-bond acceptors (Lipinski definition) is 5. The van der Waals surface area contributed by atoms with Crippen molar-refractivity contribution in [2.75, 3.05) is 25.4 Å². The SMILES string of the molecule is CCS(=O)(=O)NCCNC1=NCC(C)N1. The summed E-state index contributed by atoms with van der Waals surface area (Å²) in [6, 6.07) is 0.361. The highest BCUT2D eigenvalue weighted by atomic mass is 32.2. The van der Waals surface area contributed by atoms with Gasteiger partial charge in [0.2, 0.25) is 10.0 Å². The molecule has 0 saturated heterocycles. The Morgan fingerprint density at radius 2 is 2.27 bits per heavy atom. The normalized spacial score (nSPS) is 20.9. The van der Waals surface area contributed by atoms with Gasteiger partial charge < -0.3 is 10.6 Å². The lowest BCUT2D eigenvalue weighted by molar-refractivity contribution is 0.582. The van der Waals surface area contributed by atoms with Gasteiger partial charge in [-0.15, -0.1) is 0 Å². The Kier molecular flexibility index (Phi) is 4.34. The molecule has 7 heteroatoms. The summed E-state index contributed by atoms with van der Waals surface area (Å²) < 4.78 is 24.6. The van der Waals surface area contributed by atoms with Crippen molar-refractivity contribution in [3.63, 3.8) is 0 Å². The Morgan fingerprint density at radius 1 is 1.53 bits per heavy atom. The van der Waals surface area contributed by atoms with E-state index < -0.39 is 10.0 Å². The summed E-state index contributed by atoms with van der Waals surface area (Å²) >= 11 is 0. The van der Waals surface area contributed by atoms with Crippen LogP contribution < -0.4 is 15.4 Å². The fraction of sp³-hybridized carbons (Fsp3) is 0.875. The van der Waals surface area contributed by atoms with Gasteiger partial charge in [0, 0.05) is 19.1 Å². The van der Waals surface area contributed by atoms with Gasteiger partial charge in [0.25, 0.3) is 0 Å². The maximum Gasteiger partial charge on any atom is 0.211 e. The van der Waals surface area contributed by atoms with E-state index in [-0.39, 0.29) is 5.75 Å². The van der Waals surface area contributed by atoms with E-state index >= 15 is 0 Å². The maximum absolute atomic E-state index is 11.1. The summed E-state index contributed by atoms with van der Waals surface area (Å²) in [4.78, 5) is 4.19. The minimum atomic E-state index is -3.08. The van der Waals surface area contributed by atoms with Crippen molar-refractivity contribution in [3.05, 3.63) is 0 Å². The van der Waals surface area contributed by atoms with Crippen LogP contribution >= 0.6 is 0 Å². The first kappa shape index (κ1) is 12.3. The van der Waals surface area contributed by atoms with Gasteiger partial charge in [0.15, 0.2) is 5.96 Å². The van der Waals surface area contributed by atoms with E-state index in [1.807, 2.05) is 6.92 Å². The summed E-state index contributed by atoms with van der Waals surface area (Å²) in [5.41, 5.74) is 0. The Balaban J connectivity index is 2.13. The Morgan fingerprint density at radius 3 is 2.80 bits per heavy atom. The third-order valence-corrected chi connectivity index (χ3v) is 3.43. The fourth-order valence-electron chi connectivity index (χ4n) is 1.15. The zero-order chi connectivity index (χ0) is 11.3. The van der Waals surface area contributed by atoms with Crippen LogP contribution in [0.3, 0.4) is 0 Å². The predicted octanol–water partition coefficient (Wildman–Crippen LogP) is -1.14. The van der Waals surface area contributed by atoms with Gasteiger partial charge in [-0.25, -0.2) is 13.1 Å². The molecule has 6 nitrogen and oxygen atoms in total. The van der Waals surface area contributed by atoms with E-state index in [1.54, 1.807) is 6.92 Å². The molecule has 0 bridgehead atoms. The minimum absolute atomic E-state index is 0.114. The van der Waals surface area contributed by atoms with Crippen molar-refractivity contribution < 1.29 is 8.42 Å². The van der Waals surface area contributed by atoms with E-state index in [9.17, 15) is 8.42 Å². The molecule has 0 spiro atoms. The number of guanidine groups is 1. The molecule has 0 saturated carbocycles. The molecular formula is C8H18N4O2S. The predicted molar refractivity (Wildman–Crippen MR) is 60.4 cm³/mol. The number of hydrogen-bond donors (Lipinski definition) is 3. The summed E-state index contributed by atoms with van der Waals surface area (Å²) in [5, 5.41) is 6.15. The van der Waals surface area contributed by atoms with Gasteiger partial charge in [0.05, 0.1) is 12.3 Å². The first-order chi connectivity index (χ1) is 7.03. The number of sulfonamides is 1. The average molecular weight is 234 g/mol. The van der Waals surface area contributed by atoms with Crippen LogP contribution in [0.4, 0.5) is 0 Å². The molecule has 3 N–H and O–H groups in total. The third-order valence-electron chi connectivity index (χ3n) is 2.03. The van der Waals surface area contributed by atoms with Gasteiger partial charge >= 0.3 is 0 Å². The molecule has 0 amide bonds. The summed E-state index contributed by atoms with van der Waals surface area (Å²) in [6.45, 7) is 5.34. The van der Waals surface area contributed by atoms with Crippen LogP contribution in [0, 0.1) is 0 Å². The van der Waals surface area contributed by atoms with E-state index in [4.69, 9.17) is 0 Å². The Labute approximate surface area is 90.6 Å². The smallest absolute Gasteiger partial charge is 0.211 e. The molecule has 0 aliphatic carbocycles. The van der Waals surface area contributed by atoms with Crippen LogP contribution in [-0.4, -0.2) is 45.8 Å². The van der Waals surface area contributed by atoms with Crippen LogP contribution in [0.5, 0.6) is 0 Å².